The maximum Gasteiger partial charge on any atom is 0.231 e. The summed E-state index contributed by atoms with van der Waals surface area (Å²) in [5, 5.41) is 8.87. The van der Waals surface area contributed by atoms with Gasteiger partial charge in [-0.25, -0.2) is 4.98 Å². The van der Waals surface area contributed by atoms with E-state index < -0.39 is 5.79 Å². The molecule has 0 saturated carbocycles. The Labute approximate surface area is 99.9 Å². The van der Waals surface area contributed by atoms with E-state index in [1.807, 2.05) is 19.9 Å². The second kappa shape index (κ2) is 4.70. The summed E-state index contributed by atoms with van der Waals surface area (Å²) in [5.41, 5.74) is 0.422. The SMILES string of the molecule is CC1(C)OCC(COc2ncccc2C#N)O1. The highest BCUT2D eigenvalue weighted by Gasteiger charge is 2.33. The normalized spacial score (nSPS) is 22.1. The number of pyridine rings is 1. The first-order valence-electron chi connectivity index (χ1n) is 5.40. The number of nitriles is 1. The fraction of sp³-hybridized carbons (Fsp3) is 0.500. The molecule has 1 aromatic rings. The van der Waals surface area contributed by atoms with Crippen LogP contribution in [0.25, 0.3) is 0 Å². The van der Waals surface area contributed by atoms with Gasteiger partial charge in [-0.15, -0.1) is 0 Å². The molecule has 1 saturated heterocycles. The van der Waals surface area contributed by atoms with E-state index >= 15 is 0 Å². The molecule has 2 heterocycles. The molecule has 1 aliphatic rings. The molecule has 17 heavy (non-hydrogen) atoms. The van der Waals surface area contributed by atoms with Crippen LogP contribution >= 0.6 is 0 Å². The largest absolute Gasteiger partial charge is 0.474 e. The van der Waals surface area contributed by atoms with Crippen LogP contribution in [0.15, 0.2) is 18.3 Å². The second-order valence-electron chi connectivity index (χ2n) is 4.23. The maximum absolute atomic E-state index is 8.87. The van der Waals surface area contributed by atoms with Crippen molar-refractivity contribution < 1.29 is 14.2 Å². The molecule has 1 fully saturated rings. The van der Waals surface area contributed by atoms with Crippen molar-refractivity contribution in [1.29, 1.82) is 5.26 Å². The lowest BCUT2D eigenvalue weighted by Crippen LogP contribution is -2.25. The molecule has 5 nitrogen and oxygen atoms in total. The van der Waals surface area contributed by atoms with Gasteiger partial charge in [0.1, 0.15) is 24.3 Å². The van der Waals surface area contributed by atoms with Gasteiger partial charge in [-0.2, -0.15) is 5.26 Å². The van der Waals surface area contributed by atoms with Gasteiger partial charge in [-0.05, 0) is 26.0 Å². The minimum Gasteiger partial charge on any atom is -0.474 e. The Kier molecular flexibility index (Phi) is 3.27. The molecule has 0 N–H and O–H groups in total. The van der Waals surface area contributed by atoms with E-state index in [0.717, 1.165) is 0 Å². The predicted molar refractivity (Wildman–Crippen MR) is 59.4 cm³/mol. The van der Waals surface area contributed by atoms with Gasteiger partial charge < -0.3 is 14.2 Å². The van der Waals surface area contributed by atoms with Crippen LogP contribution in [0.1, 0.15) is 19.4 Å². The first-order valence-corrected chi connectivity index (χ1v) is 5.40. The molecule has 0 amide bonds. The number of rotatable bonds is 3. The van der Waals surface area contributed by atoms with Crippen molar-refractivity contribution in [2.24, 2.45) is 0 Å². The van der Waals surface area contributed by atoms with Crippen LogP contribution in [-0.4, -0.2) is 30.1 Å². The maximum atomic E-state index is 8.87. The van der Waals surface area contributed by atoms with Crippen molar-refractivity contribution in [2.45, 2.75) is 25.7 Å². The van der Waals surface area contributed by atoms with Crippen LogP contribution in [-0.2, 0) is 9.47 Å². The number of aromatic nitrogens is 1. The van der Waals surface area contributed by atoms with Crippen LogP contribution < -0.4 is 4.74 Å². The zero-order valence-electron chi connectivity index (χ0n) is 9.84. The number of hydrogen-bond acceptors (Lipinski definition) is 5. The minimum atomic E-state index is -0.559. The molecule has 1 unspecified atom stereocenters. The highest BCUT2D eigenvalue weighted by molar-refractivity contribution is 5.36. The Balaban J connectivity index is 1.93. The highest BCUT2D eigenvalue weighted by atomic mass is 16.7. The summed E-state index contributed by atoms with van der Waals surface area (Å²) in [4.78, 5) is 4.01. The van der Waals surface area contributed by atoms with E-state index in [4.69, 9.17) is 19.5 Å². The molecule has 90 valence electrons. The summed E-state index contributed by atoms with van der Waals surface area (Å²) < 4.78 is 16.5. The van der Waals surface area contributed by atoms with Crippen LogP contribution in [0.5, 0.6) is 5.88 Å². The quantitative estimate of drug-likeness (QED) is 0.792. The van der Waals surface area contributed by atoms with Gasteiger partial charge in [-0.1, -0.05) is 0 Å². The predicted octanol–water partition coefficient (Wildman–Crippen LogP) is 1.48. The third-order valence-electron chi connectivity index (χ3n) is 2.36. The molecule has 0 spiro atoms. The average Bonchev–Trinajstić information content (AvgIpc) is 2.67. The van der Waals surface area contributed by atoms with E-state index in [-0.39, 0.29) is 6.10 Å². The monoisotopic (exact) mass is 234 g/mol. The Morgan fingerprint density at radius 1 is 1.65 bits per heavy atom. The molecule has 0 radical (unpaired) electrons. The van der Waals surface area contributed by atoms with Crippen molar-refractivity contribution in [3.63, 3.8) is 0 Å². The molecule has 0 aromatic carbocycles. The van der Waals surface area contributed by atoms with Crippen molar-refractivity contribution >= 4 is 0 Å². The Morgan fingerprint density at radius 3 is 3.12 bits per heavy atom. The second-order valence-corrected chi connectivity index (χ2v) is 4.23. The number of ether oxygens (including phenoxy) is 3. The number of nitrogens with zero attached hydrogens (tertiary/aromatic N) is 2. The summed E-state index contributed by atoms with van der Waals surface area (Å²) >= 11 is 0. The van der Waals surface area contributed by atoms with Gasteiger partial charge in [0.05, 0.1) is 6.61 Å². The lowest BCUT2D eigenvalue weighted by Gasteiger charge is -2.17. The molecule has 5 heteroatoms. The van der Waals surface area contributed by atoms with Crippen molar-refractivity contribution in [3.8, 4) is 11.9 Å². The van der Waals surface area contributed by atoms with E-state index in [1.165, 1.54) is 0 Å². The van der Waals surface area contributed by atoms with E-state index in [2.05, 4.69) is 4.98 Å². The summed E-state index contributed by atoms with van der Waals surface area (Å²) in [6, 6.07) is 5.39. The van der Waals surface area contributed by atoms with E-state index in [9.17, 15) is 0 Å². The fourth-order valence-corrected chi connectivity index (χ4v) is 1.61. The first-order chi connectivity index (χ1) is 8.11. The first kappa shape index (κ1) is 11.8. The van der Waals surface area contributed by atoms with Crippen molar-refractivity contribution in [3.05, 3.63) is 23.9 Å². The van der Waals surface area contributed by atoms with Gasteiger partial charge >= 0.3 is 0 Å². The molecule has 1 aliphatic heterocycles. The molecular formula is C12H14N2O3. The minimum absolute atomic E-state index is 0.126. The number of hydrogen-bond donors (Lipinski definition) is 0. The fourth-order valence-electron chi connectivity index (χ4n) is 1.61. The van der Waals surface area contributed by atoms with Crippen LogP contribution in [0, 0.1) is 11.3 Å². The zero-order chi connectivity index (χ0) is 12.3. The van der Waals surface area contributed by atoms with Crippen LogP contribution in [0.2, 0.25) is 0 Å². The smallest absolute Gasteiger partial charge is 0.231 e. The van der Waals surface area contributed by atoms with Crippen LogP contribution in [0.3, 0.4) is 0 Å². The third-order valence-corrected chi connectivity index (χ3v) is 2.36. The Bertz CT molecular complexity index is 440. The standard InChI is InChI=1S/C12H14N2O3/c1-12(2)16-8-10(17-12)7-15-11-9(6-13)4-3-5-14-11/h3-5,10H,7-8H2,1-2H3. The van der Waals surface area contributed by atoms with E-state index in [0.29, 0.717) is 24.7 Å². The van der Waals surface area contributed by atoms with Gasteiger partial charge in [0, 0.05) is 6.20 Å². The lowest BCUT2D eigenvalue weighted by atomic mass is 10.3. The van der Waals surface area contributed by atoms with Crippen molar-refractivity contribution in [2.75, 3.05) is 13.2 Å². The van der Waals surface area contributed by atoms with E-state index in [1.54, 1.807) is 18.3 Å². The highest BCUT2D eigenvalue weighted by Crippen LogP contribution is 2.23. The van der Waals surface area contributed by atoms with Gasteiger partial charge in [0.15, 0.2) is 5.79 Å². The molecular weight excluding hydrogens is 220 g/mol. The summed E-state index contributed by atoms with van der Waals surface area (Å²) in [6.07, 6.45) is 1.46. The molecule has 2 rings (SSSR count). The Morgan fingerprint density at radius 2 is 2.47 bits per heavy atom. The van der Waals surface area contributed by atoms with Gasteiger partial charge in [0.25, 0.3) is 0 Å². The summed E-state index contributed by atoms with van der Waals surface area (Å²) in [5.74, 6) is -0.223. The zero-order valence-corrected chi connectivity index (χ0v) is 9.84. The lowest BCUT2D eigenvalue weighted by molar-refractivity contribution is -0.141. The van der Waals surface area contributed by atoms with Crippen molar-refractivity contribution in [1.82, 2.24) is 4.98 Å². The van der Waals surface area contributed by atoms with Gasteiger partial charge in [0.2, 0.25) is 5.88 Å². The van der Waals surface area contributed by atoms with Crippen LogP contribution in [0.4, 0.5) is 0 Å². The Hall–Kier alpha value is -1.64. The summed E-state index contributed by atoms with van der Waals surface area (Å²) in [6.45, 7) is 4.53. The third kappa shape index (κ3) is 2.93. The molecule has 1 aromatic heterocycles. The topological polar surface area (TPSA) is 64.4 Å². The molecule has 0 bridgehead atoms. The molecule has 1 atom stereocenters. The average molecular weight is 234 g/mol. The summed E-state index contributed by atoms with van der Waals surface area (Å²) in [7, 11) is 0. The molecule has 0 aliphatic carbocycles. The van der Waals surface area contributed by atoms with Gasteiger partial charge in [-0.3, -0.25) is 0 Å².